The topological polar surface area (TPSA) is 49.6 Å². The van der Waals surface area contributed by atoms with Crippen LogP contribution in [0.5, 0.6) is 0 Å². The Morgan fingerprint density at radius 3 is 2.16 bits per heavy atom. The van der Waals surface area contributed by atoms with Gasteiger partial charge in [-0.15, -0.1) is 0 Å². The second kappa shape index (κ2) is 6.71. The second-order valence-corrected chi connectivity index (χ2v) is 6.45. The summed E-state index contributed by atoms with van der Waals surface area (Å²) in [6.45, 7) is 8.21. The van der Waals surface area contributed by atoms with Gasteiger partial charge in [0.2, 0.25) is 5.91 Å². The van der Waals surface area contributed by atoms with Crippen LogP contribution >= 0.6 is 0 Å². The Morgan fingerprint density at radius 1 is 1.05 bits per heavy atom. The van der Waals surface area contributed by atoms with E-state index in [0.717, 1.165) is 39.0 Å². The van der Waals surface area contributed by atoms with Crippen molar-refractivity contribution >= 4 is 5.91 Å². The first-order valence-electron chi connectivity index (χ1n) is 7.88. The lowest BCUT2D eigenvalue weighted by Gasteiger charge is -2.40. The van der Waals surface area contributed by atoms with Gasteiger partial charge in [-0.1, -0.05) is 20.3 Å². The summed E-state index contributed by atoms with van der Waals surface area (Å²) in [6.07, 6.45) is 5.70. The average molecular weight is 267 g/mol. The molecule has 1 unspecified atom stereocenters. The van der Waals surface area contributed by atoms with Crippen molar-refractivity contribution in [3.05, 3.63) is 0 Å². The van der Waals surface area contributed by atoms with Crippen molar-refractivity contribution in [3.8, 4) is 0 Å². The predicted molar refractivity (Wildman–Crippen MR) is 77.8 cm³/mol. The molecule has 0 aromatic carbocycles. The normalized spacial score (nSPS) is 24.7. The summed E-state index contributed by atoms with van der Waals surface area (Å²) in [5.74, 6) is 0.727. The third-order valence-electron chi connectivity index (χ3n) is 4.52. The molecule has 0 radical (unpaired) electrons. The maximum absolute atomic E-state index is 12.8. The Hall–Kier alpha value is -0.610. The van der Waals surface area contributed by atoms with Crippen LogP contribution in [0.1, 0.15) is 46.0 Å². The number of carbonyl (C=O) groups is 1. The maximum Gasteiger partial charge on any atom is 0.240 e. The summed E-state index contributed by atoms with van der Waals surface area (Å²) in [5.41, 5.74) is 5.93. The first-order chi connectivity index (χ1) is 9.09. The third kappa shape index (κ3) is 3.69. The molecule has 2 heterocycles. The molecule has 110 valence electrons. The van der Waals surface area contributed by atoms with E-state index in [1.165, 1.54) is 19.3 Å². The molecule has 1 amide bonds. The van der Waals surface area contributed by atoms with E-state index in [4.69, 9.17) is 5.73 Å². The van der Waals surface area contributed by atoms with Crippen LogP contribution in [0.25, 0.3) is 0 Å². The zero-order valence-electron chi connectivity index (χ0n) is 12.5. The largest absolute Gasteiger partial charge is 0.341 e. The van der Waals surface area contributed by atoms with Crippen LogP contribution in [0.4, 0.5) is 0 Å². The summed E-state index contributed by atoms with van der Waals surface area (Å²) >= 11 is 0. The third-order valence-corrected chi connectivity index (χ3v) is 4.52. The van der Waals surface area contributed by atoms with Crippen molar-refractivity contribution in [2.24, 2.45) is 11.7 Å². The fourth-order valence-electron chi connectivity index (χ4n) is 3.37. The number of hydrogen-bond donors (Lipinski definition) is 1. The molecule has 0 aliphatic carbocycles. The van der Waals surface area contributed by atoms with E-state index >= 15 is 0 Å². The molecule has 0 spiro atoms. The van der Waals surface area contributed by atoms with Crippen LogP contribution in [-0.4, -0.2) is 54.0 Å². The Bertz CT molecular complexity index is 292. The molecular weight excluding hydrogens is 238 g/mol. The Labute approximate surface area is 117 Å². The fraction of sp³-hybridized carbons (Fsp3) is 0.933. The van der Waals surface area contributed by atoms with Crippen molar-refractivity contribution in [2.45, 2.75) is 58.0 Å². The summed E-state index contributed by atoms with van der Waals surface area (Å²) in [5, 5.41) is 0. The molecular formula is C15H29N3O. The van der Waals surface area contributed by atoms with Gasteiger partial charge in [0.1, 0.15) is 0 Å². The molecule has 2 fully saturated rings. The lowest BCUT2D eigenvalue weighted by Crippen LogP contribution is -2.55. The van der Waals surface area contributed by atoms with E-state index in [1.807, 2.05) is 4.90 Å². The van der Waals surface area contributed by atoms with E-state index in [9.17, 15) is 4.79 Å². The average Bonchev–Trinajstić information content (AvgIpc) is 2.40. The van der Waals surface area contributed by atoms with Crippen LogP contribution in [0.2, 0.25) is 0 Å². The van der Waals surface area contributed by atoms with Crippen LogP contribution in [0.3, 0.4) is 0 Å². The Morgan fingerprint density at radius 2 is 1.63 bits per heavy atom. The van der Waals surface area contributed by atoms with Crippen LogP contribution in [-0.2, 0) is 4.79 Å². The minimum absolute atomic E-state index is 0.0784. The molecule has 2 N–H and O–H groups in total. The number of likely N-dealkylation sites (tertiary alicyclic amines) is 2. The zero-order valence-corrected chi connectivity index (χ0v) is 12.5. The fourth-order valence-corrected chi connectivity index (χ4v) is 3.37. The minimum Gasteiger partial charge on any atom is -0.341 e. The van der Waals surface area contributed by atoms with Crippen molar-refractivity contribution in [3.63, 3.8) is 0 Å². The number of piperidine rings is 2. The molecule has 4 nitrogen and oxygen atoms in total. The van der Waals surface area contributed by atoms with Gasteiger partial charge in [-0.05, 0) is 44.7 Å². The molecule has 19 heavy (non-hydrogen) atoms. The summed E-state index contributed by atoms with van der Waals surface area (Å²) in [4.78, 5) is 17.2. The number of nitrogens with two attached hydrogens (primary N) is 1. The lowest BCUT2D eigenvalue weighted by molar-refractivity contribution is -0.140. The standard InChI is InChI=1S/C15H29N3O/c1-12(2)14(17-8-4-3-5-9-17)15(19)18-10-6-13(16)7-11-18/h12-14H,3-11,16H2,1-2H3. The lowest BCUT2D eigenvalue weighted by atomic mass is 9.96. The molecule has 0 aromatic rings. The highest BCUT2D eigenvalue weighted by molar-refractivity contribution is 5.82. The molecule has 2 saturated heterocycles. The second-order valence-electron chi connectivity index (χ2n) is 6.45. The minimum atomic E-state index is 0.0784. The van der Waals surface area contributed by atoms with E-state index < -0.39 is 0 Å². The van der Waals surface area contributed by atoms with Crippen LogP contribution < -0.4 is 5.73 Å². The molecule has 0 saturated carbocycles. The highest BCUT2D eigenvalue weighted by atomic mass is 16.2. The van der Waals surface area contributed by atoms with E-state index in [1.54, 1.807) is 0 Å². The predicted octanol–water partition coefficient (Wildman–Crippen LogP) is 1.45. The van der Waals surface area contributed by atoms with Crippen molar-refractivity contribution in [2.75, 3.05) is 26.2 Å². The first-order valence-corrected chi connectivity index (χ1v) is 7.88. The summed E-state index contributed by atoms with van der Waals surface area (Å²) in [7, 11) is 0. The van der Waals surface area contributed by atoms with Gasteiger partial charge in [0.05, 0.1) is 6.04 Å². The summed E-state index contributed by atoms with van der Waals surface area (Å²) < 4.78 is 0. The van der Waals surface area contributed by atoms with Gasteiger partial charge in [0.25, 0.3) is 0 Å². The molecule has 0 aromatic heterocycles. The number of hydrogen-bond acceptors (Lipinski definition) is 3. The maximum atomic E-state index is 12.8. The Kier molecular flexibility index (Phi) is 5.22. The molecule has 2 rings (SSSR count). The van der Waals surface area contributed by atoms with Gasteiger partial charge in [-0.2, -0.15) is 0 Å². The number of amides is 1. The number of nitrogens with zero attached hydrogens (tertiary/aromatic N) is 2. The van der Waals surface area contributed by atoms with Crippen molar-refractivity contribution < 1.29 is 4.79 Å². The quantitative estimate of drug-likeness (QED) is 0.842. The first kappa shape index (κ1) is 14.8. The highest BCUT2D eigenvalue weighted by Crippen LogP contribution is 2.21. The summed E-state index contributed by atoms with van der Waals surface area (Å²) in [6, 6.07) is 0.367. The highest BCUT2D eigenvalue weighted by Gasteiger charge is 2.34. The smallest absolute Gasteiger partial charge is 0.240 e. The van der Waals surface area contributed by atoms with Gasteiger partial charge < -0.3 is 10.6 Å². The number of rotatable bonds is 3. The van der Waals surface area contributed by atoms with Gasteiger partial charge in [0, 0.05) is 19.1 Å². The van der Waals surface area contributed by atoms with Gasteiger partial charge >= 0.3 is 0 Å². The molecule has 2 aliphatic heterocycles. The van der Waals surface area contributed by atoms with Crippen LogP contribution in [0.15, 0.2) is 0 Å². The SMILES string of the molecule is CC(C)C(C(=O)N1CCC(N)CC1)N1CCCCC1. The van der Waals surface area contributed by atoms with Crippen molar-refractivity contribution in [1.82, 2.24) is 9.80 Å². The van der Waals surface area contributed by atoms with Gasteiger partial charge in [-0.25, -0.2) is 0 Å². The van der Waals surface area contributed by atoms with Gasteiger partial charge in [0.15, 0.2) is 0 Å². The molecule has 4 heteroatoms. The van der Waals surface area contributed by atoms with Crippen LogP contribution in [0, 0.1) is 5.92 Å². The molecule has 1 atom stereocenters. The van der Waals surface area contributed by atoms with Gasteiger partial charge in [-0.3, -0.25) is 9.69 Å². The molecule has 2 aliphatic rings. The van der Waals surface area contributed by atoms with E-state index in [2.05, 4.69) is 18.7 Å². The van der Waals surface area contributed by atoms with E-state index in [0.29, 0.717) is 11.8 Å². The molecule has 0 bridgehead atoms. The van der Waals surface area contributed by atoms with E-state index in [-0.39, 0.29) is 12.1 Å². The van der Waals surface area contributed by atoms with Crippen molar-refractivity contribution in [1.29, 1.82) is 0 Å². The zero-order chi connectivity index (χ0) is 13.8. The number of carbonyl (C=O) groups excluding carboxylic acids is 1. The Balaban J connectivity index is 1.99. The monoisotopic (exact) mass is 267 g/mol.